The van der Waals surface area contributed by atoms with Crippen molar-refractivity contribution in [3.05, 3.63) is 76.7 Å². The maximum absolute atomic E-state index is 14.5. The number of rotatable bonds is 7. The summed E-state index contributed by atoms with van der Waals surface area (Å²) in [5, 5.41) is 17.5. The largest absolute Gasteiger partial charge is 0.410 e. The number of amides is 3. The van der Waals surface area contributed by atoms with Gasteiger partial charge in [-0.05, 0) is 36.5 Å². The van der Waals surface area contributed by atoms with Crippen LogP contribution in [0.25, 0.3) is 11.2 Å². The summed E-state index contributed by atoms with van der Waals surface area (Å²) in [5.74, 6) is -2.56. The lowest BCUT2D eigenvalue weighted by Crippen LogP contribution is -2.27. The Morgan fingerprint density at radius 2 is 2.05 bits per heavy atom. The molecule has 6 heterocycles. The van der Waals surface area contributed by atoms with Crippen molar-refractivity contribution >= 4 is 52.5 Å². The fraction of sp³-hybridized carbons (Fsp3) is 0.200. The van der Waals surface area contributed by atoms with Gasteiger partial charge in [-0.25, -0.2) is 23.8 Å². The number of nitrogens with zero attached hydrogens (tertiary/aromatic N) is 10. The van der Waals surface area contributed by atoms with Gasteiger partial charge in [0.25, 0.3) is 5.91 Å². The molecule has 1 saturated carbocycles. The number of aromatic nitrogens is 7. The van der Waals surface area contributed by atoms with E-state index in [1.54, 1.807) is 16.8 Å². The number of fused-ring (bicyclic) bond motifs is 2. The van der Waals surface area contributed by atoms with Gasteiger partial charge in [0, 0.05) is 23.7 Å². The molecule has 14 nitrogen and oxygen atoms in total. The van der Waals surface area contributed by atoms with Crippen LogP contribution in [0.2, 0.25) is 5.02 Å². The molecule has 1 N–H and O–H groups in total. The van der Waals surface area contributed by atoms with Gasteiger partial charge in [0.2, 0.25) is 0 Å². The minimum absolute atomic E-state index is 0.0454. The second-order valence-corrected chi connectivity index (χ2v) is 10.0. The number of hydrogen-bond donors (Lipinski definition) is 1. The lowest BCUT2D eigenvalue weighted by molar-refractivity contribution is -0.358. The Morgan fingerprint density at radius 1 is 1.20 bits per heavy atom. The third kappa shape index (κ3) is 4.45. The summed E-state index contributed by atoms with van der Waals surface area (Å²) < 4.78 is 20.3. The minimum Gasteiger partial charge on any atom is -0.345 e. The minimum atomic E-state index is -0.960. The first-order valence-corrected chi connectivity index (χ1v) is 12.8. The molecule has 3 amide bonds. The SMILES string of the molecule is O=C1N=NC=[N+](c2cc(C3CC3)cn3cc(Cn4cc(C(=O)NCc5ncn6ccc(Cl)c(F)c56)nn4)nc23)C1=O. The van der Waals surface area contributed by atoms with Gasteiger partial charge in [0.15, 0.2) is 22.8 Å². The predicted molar refractivity (Wildman–Crippen MR) is 138 cm³/mol. The highest BCUT2D eigenvalue weighted by Crippen LogP contribution is 2.41. The molecule has 0 aromatic carbocycles. The molecule has 1 fully saturated rings. The number of halogens is 2. The summed E-state index contributed by atoms with van der Waals surface area (Å²) in [7, 11) is 0. The molecular weight excluding hydrogens is 557 g/mol. The van der Waals surface area contributed by atoms with Crippen LogP contribution in [0.4, 0.5) is 10.1 Å². The average molecular weight is 575 g/mol. The number of nitrogens with one attached hydrogen (secondary N) is 1. The van der Waals surface area contributed by atoms with Crippen LogP contribution in [-0.4, -0.2) is 62.4 Å². The van der Waals surface area contributed by atoms with E-state index in [1.165, 1.54) is 34.0 Å². The normalized spacial score (nSPS) is 15.2. The van der Waals surface area contributed by atoms with Gasteiger partial charge in [-0.15, -0.1) is 5.10 Å². The average Bonchev–Trinajstić information content (AvgIpc) is 3.36. The van der Waals surface area contributed by atoms with Crippen LogP contribution < -0.4 is 5.32 Å². The Bertz CT molecular complexity index is 1990. The number of hydrogen-bond acceptors (Lipinski definition) is 8. The molecule has 7 rings (SSSR count). The smallest absolute Gasteiger partial charge is 0.345 e. The predicted octanol–water partition coefficient (Wildman–Crippen LogP) is 2.41. The summed E-state index contributed by atoms with van der Waals surface area (Å²) in [6.45, 7) is 0.123. The van der Waals surface area contributed by atoms with Crippen molar-refractivity contribution in [3.8, 4) is 0 Å². The van der Waals surface area contributed by atoms with Crippen LogP contribution in [0.5, 0.6) is 0 Å². The first-order chi connectivity index (χ1) is 19.9. The van der Waals surface area contributed by atoms with E-state index in [1.807, 2.05) is 12.3 Å². The Hall–Kier alpha value is -5.18. The van der Waals surface area contributed by atoms with E-state index in [0.717, 1.165) is 23.0 Å². The molecule has 5 aromatic rings. The van der Waals surface area contributed by atoms with Crippen LogP contribution in [0.3, 0.4) is 0 Å². The molecule has 1 aliphatic heterocycles. The van der Waals surface area contributed by atoms with Crippen molar-refractivity contribution in [2.24, 2.45) is 10.2 Å². The summed E-state index contributed by atoms with van der Waals surface area (Å²) in [4.78, 5) is 45.9. The van der Waals surface area contributed by atoms with E-state index in [9.17, 15) is 18.8 Å². The van der Waals surface area contributed by atoms with Gasteiger partial charge in [-0.1, -0.05) is 16.8 Å². The molecule has 0 unspecified atom stereocenters. The Morgan fingerprint density at radius 3 is 2.88 bits per heavy atom. The molecule has 0 radical (unpaired) electrons. The highest BCUT2D eigenvalue weighted by molar-refractivity contribution is 6.33. The maximum Gasteiger partial charge on any atom is 0.410 e. The zero-order valence-corrected chi connectivity index (χ0v) is 21.7. The van der Waals surface area contributed by atoms with Gasteiger partial charge in [0.1, 0.15) is 5.52 Å². The Kier molecular flexibility index (Phi) is 5.74. The molecule has 0 saturated heterocycles. The van der Waals surface area contributed by atoms with Gasteiger partial charge in [-0.2, -0.15) is 4.58 Å². The summed E-state index contributed by atoms with van der Waals surface area (Å²) in [5.41, 5.74) is 2.98. The molecule has 0 atom stereocenters. The van der Waals surface area contributed by atoms with Gasteiger partial charge in [0.05, 0.1) is 47.1 Å². The molecule has 5 aromatic heterocycles. The Labute approximate surface area is 233 Å². The zero-order valence-electron chi connectivity index (χ0n) is 21.0. The highest BCUT2D eigenvalue weighted by atomic mass is 35.5. The molecule has 204 valence electrons. The van der Waals surface area contributed by atoms with E-state index in [4.69, 9.17) is 11.6 Å². The molecule has 16 heteroatoms. The van der Waals surface area contributed by atoms with Crippen molar-refractivity contribution in [2.75, 3.05) is 0 Å². The van der Waals surface area contributed by atoms with E-state index >= 15 is 0 Å². The van der Waals surface area contributed by atoms with Gasteiger partial charge in [-0.3, -0.25) is 9.59 Å². The number of carbonyl (C=O) groups is 3. The fourth-order valence-corrected chi connectivity index (χ4v) is 4.81. The second-order valence-electron chi connectivity index (χ2n) is 9.62. The van der Waals surface area contributed by atoms with E-state index in [2.05, 4.69) is 35.8 Å². The zero-order chi connectivity index (χ0) is 28.2. The number of azo groups is 1. The maximum atomic E-state index is 14.5. The Balaban J connectivity index is 1.11. The number of carbonyl (C=O) groups excluding carboxylic acids is 3. The first kappa shape index (κ1) is 24.8. The first-order valence-electron chi connectivity index (χ1n) is 12.5. The van der Waals surface area contributed by atoms with Crippen LogP contribution in [-0.2, 0) is 22.7 Å². The quantitative estimate of drug-likeness (QED) is 0.231. The van der Waals surface area contributed by atoms with E-state index in [-0.39, 0.29) is 29.3 Å². The fourth-order valence-electron chi connectivity index (χ4n) is 4.66. The van der Waals surface area contributed by atoms with Crippen molar-refractivity contribution < 1.29 is 23.3 Å². The number of pyridine rings is 2. The van der Waals surface area contributed by atoms with Crippen molar-refractivity contribution in [3.63, 3.8) is 0 Å². The van der Waals surface area contributed by atoms with Crippen LogP contribution in [0.15, 0.2) is 53.5 Å². The van der Waals surface area contributed by atoms with Crippen LogP contribution >= 0.6 is 11.6 Å². The van der Waals surface area contributed by atoms with Gasteiger partial charge >= 0.3 is 18.2 Å². The lowest BCUT2D eigenvalue weighted by atomic mass is 10.1. The van der Waals surface area contributed by atoms with Crippen LogP contribution in [0.1, 0.15) is 46.2 Å². The number of imidazole rings is 2. The van der Waals surface area contributed by atoms with Crippen molar-refractivity contribution in [1.29, 1.82) is 0 Å². The molecule has 1 aliphatic carbocycles. The van der Waals surface area contributed by atoms with E-state index in [0.29, 0.717) is 28.6 Å². The van der Waals surface area contributed by atoms with Crippen LogP contribution in [0, 0.1) is 5.82 Å². The summed E-state index contributed by atoms with van der Waals surface area (Å²) in [6, 6.07) is 3.26. The monoisotopic (exact) mass is 574 g/mol. The summed E-state index contributed by atoms with van der Waals surface area (Å²) >= 11 is 5.88. The molecule has 2 aliphatic rings. The third-order valence-corrected chi connectivity index (χ3v) is 7.10. The topological polar surface area (TPSA) is 156 Å². The molecule has 0 bridgehead atoms. The molecule has 0 spiro atoms. The standard InChI is InChI=1S/C25H17ClFN11O3/c26-16-3-4-35-11-29-17(21(35)20(16)27)6-28-23(39)18-10-37(34-32-18)9-15-8-36-7-14(13-1-2-13)5-19(22(36)31-15)38-12-30-33-24(40)25(38)41/h3-5,7-8,10-13H,1-2,6,9H2/p+1. The van der Waals surface area contributed by atoms with E-state index < -0.39 is 23.5 Å². The second kappa shape index (κ2) is 9.48. The van der Waals surface area contributed by atoms with Crippen molar-refractivity contribution in [2.45, 2.75) is 31.8 Å². The summed E-state index contributed by atoms with van der Waals surface area (Å²) in [6.07, 6.45) is 11.5. The molecule has 41 heavy (non-hydrogen) atoms. The highest BCUT2D eigenvalue weighted by Gasteiger charge is 2.33. The lowest BCUT2D eigenvalue weighted by Gasteiger charge is -2.07. The molecular formula is C25H18ClFN11O3+. The van der Waals surface area contributed by atoms with Crippen molar-refractivity contribution in [1.82, 2.24) is 39.1 Å². The third-order valence-electron chi connectivity index (χ3n) is 6.81. The van der Waals surface area contributed by atoms with Gasteiger partial charge < -0.3 is 14.1 Å².